The molecular weight excluding hydrogens is 632 g/mol. The molecule has 46 heavy (non-hydrogen) atoms. The average molecular weight is 684 g/mol. The van der Waals surface area contributed by atoms with Gasteiger partial charge in [-0.25, -0.2) is 12.1 Å². The zero-order valence-electron chi connectivity index (χ0n) is 29.4. The van der Waals surface area contributed by atoms with Gasteiger partial charge in [0.05, 0.1) is 0 Å². The van der Waals surface area contributed by atoms with E-state index in [1.807, 2.05) is 30.3 Å². The zero-order valence-corrected chi connectivity index (χ0v) is 31.8. The van der Waals surface area contributed by atoms with Crippen LogP contribution in [0.3, 0.4) is 0 Å². The quantitative estimate of drug-likeness (QED) is 0.153. The summed E-state index contributed by atoms with van der Waals surface area (Å²) in [6.07, 6.45) is 4.87. The second-order valence-corrected chi connectivity index (χ2v) is 16.4. The molecule has 6 aromatic carbocycles. The fourth-order valence-corrected chi connectivity index (χ4v) is 6.89. The topological polar surface area (TPSA) is 0 Å². The van der Waals surface area contributed by atoms with Crippen LogP contribution in [-0.4, -0.2) is 3.21 Å². The summed E-state index contributed by atoms with van der Waals surface area (Å²) in [4.78, 5) is 0. The van der Waals surface area contributed by atoms with Crippen molar-refractivity contribution in [1.82, 2.24) is 0 Å². The number of benzene rings is 4. The van der Waals surface area contributed by atoms with Crippen LogP contribution in [0.4, 0.5) is 0 Å². The Morgan fingerprint density at radius 3 is 1.28 bits per heavy atom. The van der Waals surface area contributed by atoms with Gasteiger partial charge < -0.3 is 0 Å². The van der Waals surface area contributed by atoms with Crippen LogP contribution in [0.5, 0.6) is 0 Å². The van der Waals surface area contributed by atoms with Crippen LogP contribution in [0, 0.1) is 13.8 Å². The minimum absolute atomic E-state index is 0.180. The molecule has 0 bridgehead atoms. The van der Waals surface area contributed by atoms with E-state index in [0.717, 1.165) is 0 Å². The molecule has 0 saturated heterocycles. The van der Waals surface area contributed by atoms with E-state index in [1.165, 1.54) is 80.6 Å². The van der Waals surface area contributed by atoms with Crippen LogP contribution in [0.15, 0.2) is 121 Å². The monoisotopic (exact) mass is 682 g/mol. The smallest absolute Gasteiger partial charge is 0.172 e. The summed E-state index contributed by atoms with van der Waals surface area (Å²) in [6.45, 7) is 18.3. The largest absolute Gasteiger partial charge is 0.214 e. The van der Waals surface area contributed by atoms with Gasteiger partial charge in [0, 0.05) is 0 Å². The summed E-state index contributed by atoms with van der Waals surface area (Å²) in [7, 11) is 0. The van der Waals surface area contributed by atoms with E-state index >= 15 is 0 Å². The number of hydrogen-bond acceptors (Lipinski definition) is 0. The molecule has 0 spiro atoms. The maximum absolute atomic E-state index is 2.43. The first-order valence-corrected chi connectivity index (χ1v) is 18.0. The minimum Gasteiger partial charge on any atom is -0.214 e. The molecule has 0 heterocycles. The summed E-state index contributed by atoms with van der Waals surface area (Å²) < 4.78 is 1.69. The van der Waals surface area contributed by atoms with E-state index in [-0.39, 0.29) is 10.8 Å². The first-order valence-electron chi connectivity index (χ1n) is 16.8. The van der Waals surface area contributed by atoms with Crippen molar-refractivity contribution in [2.45, 2.75) is 91.9 Å². The standard InChI is InChI=1S/C23H29.C17H18.C5H5.Zr/c1-14-9-16-11-17-10-15(2)21(23(6,7)8)13-19(17)18(16)12-20(14)22(3,4)5;1-4-10-16(11-5-1)14-8-3-9-15-17-12-6-2-7-13-17;1-2-4-5-3-1;/h9-13H,1-8H3;1-2,4-7,10-13H,8-9,14-15H2;1-5H;/q-1;;-1;+2. The molecule has 0 unspecified atom stereocenters. The number of fused-ring (bicyclic) bond motifs is 3. The minimum atomic E-state index is 0.180. The van der Waals surface area contributed by atoms with E-state index in [9.17, 15) is 0 Å². The van der Waals surface area contributed by atoms with Crippen molar-refractivity contribution in [3.05, 3.63) is 155 Å². The zero-order chi connectivity index (χ0) is 33.3. The van der Waals surface area contributed by atoms with Gasteiger partial charge in [0.1, 0.15) is 0 Å². The third kappa shape index (κ3) is 10.2. The molecule has 0 fully saturated rings. The van der Waals surface area contributed by atoms with E-state index in [4.69, 9.17) is 0 Å². The van der Waals surface area contributed by atoms with Crippen molar-refractivity contribution in [1.29, 1.82) is 0 Å². The molecule has 0 aliphatic heterocycles. The Bertz CT molecular complexity index is 1670. The number of aryl methyl sites for hydroxylation is 4. The molecule has 1 heteroatoms. The molecule has 0 saturated carbocycles. The van der Waals surface area contributed by atoms with Gasteiger partial charge in [-0.1, -0.05) is 75.9 Å². The Balaban J connectivity index is 0.000000185. The van der Waals surface area contributed by atoms with Crippen LogP contribution in [0.1, 0.15) is 87.8 Å². The Kier molecular flexibility index (Phi) is 12.5. The Morgan fingerprint density at radius 2 is 0.957 bits per heavy atom. The first-order chi connectivity index (χ1) is 21.8. The van der Waals surface area contributed by atoms with Gasteiger partial charge in [0.25, 0.3) is 0 Å². The van der Waals surface area contributed by atoms with Gasteiger partial charge in [-0.05, 0) is 24.7 Å². The maximum atomic E-state index is 2.43. The van der Waals surface area contributed by atoms with Gasteiger partial charge in [0.15, 0.2) is 0 Å². The van der Waals surface area contributed by atoms with Gasteiger partial charge in [-0.15, -0.1) is 39.7 Å². The second kappa shape index (κ2) is 16.1. The summed E-state index contributed by atoms with van der Waals surface area (Å²) in [5.41, 5.74) is 8.97. The summed E-state index contributed by atoms with van der Waals surface area (Å²) in [5, 5.41) is 5.55. The Morgan fingerprint density at radius 1 is 0.565 bits per heavy atom. The Hall–Kier alpha value is -3.15. The third-order valence-corrected chi connectivity index (χ3v) is 9.91. The molecule has 0 aromatic heterocycles. The molecule has 0 atom stereocenters. The maximum Gasteiger partial charge on any atom is -0.172 e. The van der Waals surface area contributed by atoms with Gasteiger partial charge in [-0.3, -0.25) is 0 Å². The fourth-order valence-electron chi connectivity index (χ4n) is 6.27. The van der Waals surface area contributed by atoms with E-state index < -0.39 is 0 Å². The Labute approximate surface area is 293 Å². The average Bonchev–Trinajstić information content (AvgIpc) is 3.70. The van der Waals surface area contributed by atoms with Crippen LogP contribution in [-0.2, 0) is 47.9 Å². The SMILES string of the molecule is Cc1cc2[cH-]c3cc(C)c(C(C)(C)C)cc3c2cc1C(C)(C)C.[Zr+2]=[C](CCc1ccccc1)CCc1ccccc1.c1cc[cH-]c1. The van der Waals surface area contributed by atoms with Crippen molar-refractivity contribution in [2.75, 3.05) is 0 Å². The molecule has 6 rings (SSSR count). The molecule has 0 aliphatic carbocycles. The normalized spacial score (nSPS) is 11.5. The second-order valence-electron chi connectivity index (χ2n) is 14.7. The predicted octanol–water partition coefficient (Wildman–Crippen LogP) is 12.3. The molecule has 0 radical (unpaired) electrons. The van der Waals surface area contributed by atoms with Crippen LogP contribution in [0.2, 0.25) is 0 Å². The van der Waals surface area contributed by atoms with Crippen molar-refractivity contribution in [3.8, 4) is 0 Å². The molecule has 6 aromatic rings. The fraction of sp³-hybridized carbons (Fsp3) is 0.311. The van der Waals surface area contributed by atoms with Crippen LogP contribution in [0.25, 0.3) is 21.5 Å². The number of hydrogen-bond donors (Lipinski definition) is 0. The van der Waals surface area contributed by atoms with Gasteiger partial charge in [-0.2, -0.15) is 18.2 Å². The van der Waals surface area contributed by atoms with E-state index in [0.29, 0.717) is 0 Å². The molecule has 236 valence electrons. The third-order valence-electron chi connectivity index (χ3n) is 8.68. The summed E-state index contributed by atoms with van der Waals surface area (Å²) in [5.74, 6) is 0. The van der Waals surface area contributed by atoms with Crippen LogP contribution >= 0.6 is 0 Å². The van der Waals surface area contributed by atoms with Crippen molar-refractivity contribution in [2.24, 2.45) is 0 Å². The predicted molar refractivity (Wildman–Crippen MR) is 200 cm³/mol. The van der Waals surface area contributed by atoms with Crippen molar-refractivity contribution < 1.29 is 24.2 Å². The molecule has 0 nitrogen and oxygen atoms in total. The summed E-state index contributed by atoms with van der Waals surface area (Å²) >= 11 is 1.60. The van der Waals surface area contributed by atoms with Gasteiger partial charge in [0.2, 0.25) is 0 Å². The summed E-state index contributed by atoms with van der Waals surface area (Å²) in [6, 6.07) is 43.5. The van der Waals surface area contributed by atoms with E-state index in [1.54, 1.807) is 27.4 Å². The molecule has 0 amide bonds. The molecule has 0 aliphatic rings. The van der Waals surface area contributed by atoms with Gasteiger partial charge >= 0.3 is 125 Å². The van der Waals surface area contributed by atoms with Crippen LogP contribution < -0.4 is 0 Å². The number of rotatable bonds is 6. The molecular formula is C45H52Zr. The first kappa shape index (κ1) is 35.7. The van der Waals surface area contributed by atoms with Crippen molar-refractivity contribution in [3.63, 3.8) is 0 Å². The van der Waals surface area contributed by atoms with Crippen molar-refractivity contribution >= 4 is 24.8 Å². The van der Waals surface area contributed by atoms with E-state index in [2.05, 4.69) is 146 Å². The molecule has 0 N–H and O–H groups in total.